The van der Waals surface area contributed by atoms with Crippen LogP contribution in [0, 0.1) is 5.92 Å². The van der Waals surface area contributed by atoms with Crippen LogP contribution in [0.1, 0.15) is 54.9 Å². The quantitative estimate of drug-likeness (QED) is 0.318. The van der Waals surface area contributed by atoms with Gasteiger partial charge in [0.25, 0.3) is 8.32 Å². The van der Waals surface area contributed by atoms with Gasteiger partial charge >= 0.3 is 12.2 Å². The summed E-state index contributed by atoms with van der Waals surface area (Å²) in [4.78, 5) is 26.8. The van der Waals surface area contributed by atoms with Crippen LogP contribution >= 0.6 is 0 Å². The van der Waals surface area contributed by atoms with Gasteiger partial charge in [-0.15, -0.1) is 6.58 Å². The van der Waals surface area contributed by atoms with Gasteiger partial charge in [0.1, 0.15) is 12.2 Å². The number of imide groups is 1. The van der Waals surface area contributed by atoms with Crippen LogP contribution < -0.4 is 10.4 Å². The van der Waals surface area contributed by atoms with E-state index in [1.54, 1.807) is 20.8 Å². The zero-order chi connectivity index (χ0) is 27.4. The van der Waals surface area contributed by atoms with Crippen molar-refractivity contribution >= 4 is 30.9 Å². The predicted octanol–water partition coefficient (Wildman–Crippen LogP) is 5.90. The molecule has 2 atom stereocenters. The molecule has 0 radical (unpaired) electrons. The third kappa shape index (κ3) is 6.51. The summed E-state index contributed by atoms with van der Waals surface area (Å²) in [5.41, 5.74) is 0.208. The van der Waals surface area contributed by atoms with Gasteiger partial charge in [-0.2, -0.15) is 0 Å². The average molecular weight is 524 g/mol. The zero-order valence-electron chi connectivity index (χ0n) is 23.2. The lowest BCUT2D eigenvalue weighted by atomic mass is 9.94. The maximum Gasteiger partial charge on any atom is 0.420 e. The predicted molar refractivity (Wildman–Crippen MR) is 150 cm³/mol. The topological polar surface area (TPSA) is 65.1 Å². The molecule has 7 heteroatoms. The van der Waals surface area contributed by atoms with E-state index in [0.717, 1.165) is 10.5 Å². The van der Waals surface area contributed by atoms with E-state index in [1.165, 1.54) is 10.4 Å². The second-order valence-electron chi connectivity index (χ2n) is 11.9. The van der Waals surface area contributed by atoms with Crippen molar-refractivity contribution in [2.75, 3.05) is 13.2 Å². The van der Waals surface area contributed by atoms with Crippen LogP contribution in [0.5, 0.6) is 0 Å². The van der Waals surface area contributed by atoms with Gasteiger partial charge in [0.05, 0.1) is 6.04 Å². The normalized spacial score (nSPS) is 17.3. The first-order chi connectivity index (χ1) is 17.3. The van der Waals surface area contributed by atoms with Gasteiger partial charge in [0, 0.05) is 12.5 Å². The van der Waals surface area contributed by atoms with Gasteiger partial charge in [0.2, 0.25) is 0 Å². The average Bonchev–Trinajstić information content (AvgIpc) is 3.19. The third-order valence-electron chi connectivity index (χ3n) is 6.58. The molecule has 6 nitrogen and oxygen atoms in total. The van der Waals surface area contributed by atoms with Crippen molar-refractivity contribution in [1.29, 1.82) is 0 Å². The lowest BCUT2D eigenvalue weighted by molar-refractivity contribution is 0.0234. The molecule has 1 aliphatic rings. The first-order valence-electron chi connectivity index (χ1n) is 12.8. The van der Waals surface area contributed by atoms with Crippen LogP contribution in [0.4, 0.5) is 9.59 Å². The van der Waals surface area contributed by atoms with Crippen LogP contribution in [0.25, 0.3) is 0 Å². The summed E-state index contributed by atoms with van der Waals surface area (Å²) in [6.07, 6.45) is -0.799. The van der Waals surface area contributed by atoms with Crippen LogP contribution in [0.3, 0.4) is 0 Å². The van der Waals surface area contributed by atoms with E-state index >= 15 is 0 Å². The molecule has 0 saturated carbocycles. The van der Waals surface area contributed by atoms with E-state index in [4.69, 9.17) is 13.9 Å². The number of benzene rings is 2. The maximum atomic E-state index is 13.0. The summed E-state index contributed by atoms with van der Waals surface area (Å²) >= 11 is 0. The van der Waals surface area contributed by atoms with Crippen molar-refractivity contribution in [2.24, 2.45) is 5.92 Å². The summed E-state index contributed by atoms with van der Waals surface area (Å²) in [6, 6.07) is 20.3. The second kappa shape index (κ2) is 11.2. The number of ether oxygens (including phenoxy) is 2. The fourth-order valence-electron chi connectivity index (χ4n) is 5.05. The van der Waals surface area contributed by atoms with Gasteiger partial charge in [-0.1, -0.05) is 87.0 Å². The smallest absolute Gasteiger partial charge is 0.420 e. The van der Waals surface area contributed by atoms with Gasteiger partial charge in [0.15, 0.2) is 0 Å². The van der Waals surface area contributed by atoms with Gasteiger partial charge in [-0.05, 0) is 49.5 Å². The molecule has 0 bridgehead atoms. The molecule has 2 amide bonds. The molecule has 1 fully saturated rings. The molecule has 0 aromatic heterocycles. The minimum absolute atomic E-state index is 0.0974. The number of cyclic esters (lactones) is 1. The first-order valence-corrected chi connectivity index (χ1v) is 14.8. The highest BCUT2D eigenvalue weighted by atomic mass is 28.4. The van der Waals surface area contributed by atoms with Crippen molar-refractivity contribution in [3.8, 4) is 0 Å². The molecule has 2 aromatic carbocycles. The summed E-state index contributed by atoms with van der Waals surface area (Å²) in [5.74, 6) is -0.210. The van der Waals surface area contributed by atoms with Crippen LogP contribution in [0.15, 0.2) is 72.8 Å². The number of amides is 2. The molecule has 200 valence electrons. The van der Waals surface area contributed by atoms with E-state index in [1.807, 2.05) is 43.3 Å². The Labute approximate surface area is 222 Å². The molecule has 3 rings (SSSR count). The lowest BCUT2D eigenvalue weighted by Gasteiger charge is -2.44. The molecule has 0 N–H and O–H groups in total. The van der Waals surface area contributed by atoms with E-state index < -0.39 is 32.1 Å². The molecule has 1 heterocycles. The minimum atomic E-state index is -2.81. The molecule has 1 saturated heterocycles. The SMILES string of the molecule is C=C(C)C[C@H](CO[Si](c1ccccc1)(c1ccccc1)C(C)(C)C)[C@@H]1COC(=O)N1C(=O)OC(C)(C)C. The molecule has 1 aliphatic heterocycles. The zero-order valence-corrected chi connectivity index (χ0v) is 24.2. The van der Waals surface area contributed by atoms with E-state index in [9.17, 15) is 9.59 Å². The van der Waals surface area contributed by atoms with Gasteiger partial charge < -0.3 is 13.9 Å². The van der Waals surface area contributed by atoms with Gasteiger partial charge in [-0.25, -0.2) is 14.5 Å². The Hall–Kier alpha value is -2.90. The number of nitrogens with zero attached hydrogens (tertiary/aromatic N) is 1. The Bertz CT molecular complexity index is 1050. The highest BCUT2D eigenvalue weighted by molar-refractivity contribution is 6.99. The summed E-state index contributed by atoms with van der Waals surface area (Å²) in [6.45, 7) is 18.5. The Morgan fingerprint density at radius 3 is 1.97 bits per heavy atom. The molecule has 37 heavy (non-hydrogen) atoms. The number of rotatable bonds is 8. The summed E-state index contributed by atoms with van der Waals surface area (Å²) in [7, 11) is -2.81. The fourth-order valence-corrected chi connectivity index (χ4v) is 9.67. The monoisotopic (exact) mass is 523 g/mol. The Kier molecular flexibility index (Phi) is 8.70. The standard InChI is InChI=1S/C30H41NO5Si/c1-22(2)19-23(26-21-34-27(32)31(26)28(33)36-29(3,4)5)20-35-37(30(6,7)8,24-15-11-9-12-16-24)25-17-13-10-14-18-25/h9-18,23,26H,1,19-21H2,2-8H3/t23-,26+/m1/s1. The summed E-state index contributed by atoms with van der Waals surface area (Å²) < 4.78 is 18.1. The first kappa shape index (κ1) is 28.7. The molecular weight excluding hydrogens is 482 g/mol. The maximum absolute atomic E-state index is 13.0. The number of carbonyl (C=O) groups is 2. The van der Waals surface area contributed by atoms with Crippen molar-refractivity contribution < 1.29 is 23.5 Å². The Morgan fingerprint density at radius 2 is 1.54 bits per heavy atom. The largest absolute Gasteiger partial charge is 0.447 e. The fraction of sp³-hybridized carbons (Fsp3) is 0.467. The number of hydrogen-bond donors (Lipinski definition) is 0. The molecule has 0 spiro atoms. The molecular formula is C30H41NO5Si. The van der Waals surface area contributed by atoms with Crippen molar-refractivity contribution in [3.05, 3.63) is 72.8 Å². The Balaban J connectivity index is 2.03. The van der Waals surface area contributed by atoms with E-state index in [2.05, 4.69) is 51.6 Å². The van der Waals surface area contributed by atoms with Crippen LogP contribution in [0.2, 0.25) is 5.04 Å². The van der Waals surface area contributed by atoms with Crippen molar-refractivity contribution in [1.82, 2.24) is 4.90 Å². The van der Waals surface area contributed by atoms with Crippen molar-refractivity contribution in [3.63, 3.8) is 0 Å². The third-order valence-corrected chi connectivity index (χ3v) is 11.6. The molecule has 0 unspecified atom stereocenters. The van der Waals surface area contributed by atoms with Gasteiger partial charge in [-0.3, -0.25) is 0 Å². The minimum Gasteiger partial charge on any atom is -0.447 e. The second-order valence-corrected chi connectivity index (χ2v) is 16.2. The number of hydrogen-bond acceptors (Lipinski definition) is 5. The molecule has 2 aromatic rings. The number of carbonyl (C=O) groups excluding carboxylic acids is 2. The van der Waals surface area contributed by atoms with E-state index in [0.29, 0.717) is 13.0 Å². The van der Waals surface area contributed by atoms with Crippen molar-refractivity contribution in [2.45, 2.75) is 71.6 Å². The molecule has 0 aliphatic carbocycles. The van der Waals surface area contributed by atoms with Crippen LogP contribution in [-0.2, 0) is 13.9 Å². The Morgan fingerprint density at radius 1 is 1.03 bits per heavy atom. The lowest BCUT2D eigenvalue weighted by Crippen LogP contribution is -2.67. The van der Waals surface area contributed by atoms with Crippen LogP contribution in [-0.4, -0.2) is 50.3 Å². The highest BCUT2D eigenvalue weighted by Gasteiger charge is 2.51. The number of allylic oxidation sites excluding steroid dienone is 1. The van der Waals surface area contributed by atoms with E-state index in [-0.39, 0.29) is 17.6 Å². The summed E-state index contributed by atoms with van der Waals surface area (Å²) in [5, 5.41) is 2.15. The highest BCUT2D eigenvalue weighted by Crippen LogP contribution is 2.38.